The fraction of sp³-hybridized carbons (Fsp3) is 0.314. The fourth-order valence-electron chi connectivity index (χ4n) is 6.10. The largest absolute Gasteiger partial charge is 0.365 e. The van der Waals surface area contributed by atoms with Crippen molar-refractivity contribution in [2.45, 2.75) is 30.1 Å². The standard InChI is InChI=1S/C22H25FN8OS.C12H9ClFN3OS.CH4/c1-29(2)21-18(6-8-24-28-21)30-9-11-31(12-10-30)22-26-17-7-13-33(32)19(17)20(27-22)25-16-5-3-4-15(23)14-16;13-12-16-9-4-5-19(18)10(9)11(17-12)15-8-3-1-2-7(14)6-8;/h3-6,8,14H,7,9-13H2,1-2H3,(H,25,26,27);1-3,6H,4-5H2,(H,15,16,17);1H4. The van der Waals surface area contributed by atoms with Crippen LogP contribution in [-0.4, -0.2) is 90.3 Å². The van der Waals surface area contributed by atoms with E-state index in [1.165, 1.54) is 24.3 Å². The number of nitrogens with one attached hydrogen (secondary N) is 2. The third-order valence-corrected chi connectivity index (χ3v) is 11.6. The van der Waals surface area contributed by atoms with Crippen LogP contribution >= 0.6 is 11.6 Å². The second kappa shape index (κ2) is 16.4. The molecule has 0 saturated carbocycles. The Morgan fingerprint density at radius 2 is 1.30 bits per heavy atom. The Hall–Kier alpha value is -4.87. The lowest BCUT2D eigenvalue weighted by Gasteiger charge is -2.37. The van der Waals surface area contributed by atoms with E-state index in [1.54, 1.807) is 30.5 Å². The highest BCUT2D eigenvalue weighted by Gasteiger charge is 2.29. The van der Waals surface area contributed by atoms with Crippen LogP contribution in [0.15, 0.2) is 70.6 Å². The minimum atomic E-state index is -1.16. The Bertz CT molecular complexity index is 2170. The molecule has 5 aromatic rings. The van der Waals surface area contributed by atoms with E-state index in [4.69, 9.17) is 21.6 Å². The van der Waals surface area contributed by atoms with Crippen molar-refractivity contribution < 1.29 is 17.2 Å². The quantitative estimate of drug-likeness (QED) is 0.200. The Morgan fingerprint density at radius 3 is 1.87 bits per heavy atom. The molecule has 3 aromatic heterocycles. The predicted molar refractivity (Wildman–Crippen MR) is 206 cm³/mol. The molecule has 0 radical (unpaired) electrons. The van der Waals surface area contributed by atoms with Gasteiger partial charge in [0.2, 0.25) is 11.2 Å². The summed E-state index contributed by atoms with van der Waals surface area (Å²) < 4.78 is 51.4. The average Bonchev–Trinajstić information content (AvgIpc) is 3.70. The lowest BCUT2D eigenvalue weighted by molar-refractivity contribution is 0.628. The molecular weight excluding hydrogens is 744 g/mol. The minimum Gasteiger partial charge on any atom is -0.365 e. The number of benzene rings is 2. The van der Waals surface area contributed by atoms with E-state index in [1.807, 2.05) is 25.1 Å². The molecule has 2 aromatic carbocycles. The third kappa shape index (κ3) is 8.52. The maximum absolute atomic E-state index is 13.7. The summed E-state index contributed by atoms with van der Waals surface area (Å²) in [7, 11) is 1.61. The van der Waals surface area contributed by atoms with Gasteiger partial charge in [0.1, 0.15) is 21.4 Å². The molecule has 2 unspecified atom stereocenters. The van der Waals surface area contributed by atoms with E-state index in [0.29, 0.717) is 68.8 Å². The summed E-state index contributed by atoms with van der Waals surface area (Å²) >= 11 is 5.84. The number of aryl methyl sites for hydroxylation is 2. The highest BCUT2D eigenvalue weighted by molar-refractivity contribution is 7.85. The first-order valence-electron chi connectivity index (χ1n) is 16.4. The van der Waals surface area contributed by atoms with Gasteiger partial charge < -0.3 is 25.3 Å². The Kier molecular flexibility index (Phi) is 11.7. The Morgan fingerprint density at radius 1 is 0.755 bits per heavy atom. The van der Waals surface area contributed by atoms with E-state index in [-0.39, 0.29) is 24.3 Å². The molecule has 18 heteroatoms. The summed E-state index contributed by atoms with van der Waals surface area (Å²) in [5.41, 5.74) is 3.64. The molecule has 13 nitrogen and oxygen atoms in total. The van der Waals surface area contributed by atoms with Gasteiger partial charge in [0.05, 0.1) is 44.9 Å². The monoisotopic (exact) mass is 781 g/mol. The molecule has 0 amide bonds. The number of aromatic nitrogens is 6. The number of fused-ring (bicyclic) bond motifs is 2. The number of piperazine rings is 1. The molecule has 0 bridgehead atoms. The summed E-state index contributed by atoms with van der Waals surface area (Å²) in [6.07, 6.45) is 2.97. The SMILES string of the molecule is C.CN(C)c1nnccc1N1CCN(c2nc3c(c(Nc4cccc(F)c4)n2)S(=O)CC3)CC1.O=S1CCc2nc(Cl)nc(Nc3cccc(F)c3)c21. The number of halogens is 3. The van der Waals surface area contributed by atoms with E-state index in [0.717, 1.165) is 43.4 Å². The summed E-state index contributed by atoms with van der Waals surface area (Å²) in [6.45, 7) is 3.03. The van der Waals surface area contributed by atoms with Crippen LogP contribution in [0, 0.1) is 11.6 Å². The van der Waals surface area contributed by atoms with Crippen LogP contribution in [0.2, 0.25) is 5.28 Å². The number of hydrogen-bond donors (Lipinski definition) is 2. The van der Waals surface area contributed by atoms with Gasteiger partial charge in [-0.25, -0.2) is 18.7 Å². The zero-order valence-corrected chi connectivity index (χ0v) is 30.6. The molecule has 1 fully saturated rings. The van der Waals surface area contributed by atoms with E-state index in [2.05, 4.69) is 40.6 Å². The third-order valence-electron chi connectivity index (χ3n) is 8.52. The zero-order chi connectivity index (χ0) is 36.4. The van der Waals surface area contributed by atoms with Gasteiger partial charge in [-0.05, 0) is 54.1 Å². The van der Waals surface area contributed by atoms with Crippen LogP contribution in [-0.2, 0) is 34.4 Å². The summed E-state index contributed by atoms with van der Waals surface area (Å²) in [6, 6.07) is 14.1. The molecule has 3 aliphatic heterocycles. The van der Waals surface area contributed by atoms with Gasteiger partial charge in [-0.15, -0.1) is 5.10 Å². The van der Waals surface area contributed by atoms with Gasteiger partial charge in [0.15, 0.2) is 17.5 Å². The first kappa shape index (κ1) is 37.9. The van der Waals surface area contributed by atoms with Gasteiger partial charge >= 0.3 is 0 Å². The normalized spacial score (nSPS) is 17.2. The number of rotatable bonds is 7. The lowest BCUT2D eigenvalue weighted by atomic mass is 10.2. The van der Waals surface area contributed by atoms with Crippen molar-refractivity contribution in [3.63, 3.8) is 0 Å². The average molecular weight is 782 g/mol. The maximum atomic E-state index is 13.7. The van der Waals surface area contributed by atoms with Crippen molar-refractivity contribution in [2.75, 3.05) is 77.1 Å². The van der Waals surface area contributed by atoms with Crippen molar-refractivity contribution in [3.05, 3.63) is 89.1 Å². The van der Waals surface area contributed by atoms with Crippen molar-refractivity contribution in [1.29, 1.82) is 0 Å². The van der Waals surface area contributed by atoms with Gasteiger partial charge in [-0.3, -0.25) is 8.42 Å². The zero-order valence-electron chi connectivity index (χ0n) is 28.2. The van der Waals surface area contributed by atoms with Crippen LogP contribution in [0.1, 0.15) is 18.8 Å². The Balaban J connectivity index is 0.000000204. The van der Waals surface area contributed by atoms with Crippen LogP contribution in [0.5, 0.6) is 0 Å². The molecule has 1 saturated heterocycles. The van der Waals surface area contributed by atoms with E-state index in [9.17, 15) is 17.2 Å². The lowest BCUT2D eigenvalue weighted by Crippen LogP contribution is -2.47. The molecule has 0 spiro atoms. The van der Waals surface area contributed by atoms with Crippen LogP contribution in [0.4, 0.5) is 49.2 Å². The second-order valence-corrected chi connectivity index (χ2v) is 15.6. The highest BCUT2D eigenvalue weighted by atomic mass is 35.5. The van der Waals surface area contributed by atoms with Gasteiger partial charge in [-0.1, -0.05) is 19.6 Å². The fourth-order valence-corrected chi connectivity index (χ4v) is 8.90. The molecule has 2 atom stereocenters. The van der Waals surface area contributed by atoms with Crippen LogP contribution < -0.4 is 25.3 Å². The van der Waals surface area contributed by atoms with E-state index < -0.39 is 21.6 Å². The molecule has 3 aliphatic rings. The van der Waals surface area contributed by atoms with Gasteiger partial charge in [-0.2, -0.15) is 15.1 Å². The Labute approximate surface area is 316 Å². The van der Waals surface area contributed by atoms with Crippen molar-refractivity contribution in [2.24, 2.45) is 0 Å². The summed E-state index contributed by atoms with van der Waals surface area (Å²) in [5, 5.41) is 14.5. The summed E-state index contributed by atoms with van der Waals surface area (Å²) in [5.74, 6) is 2.66. The molecule has 6 heterocycles. The molecule has 0 aliphatic carbocycles. The molecule has 2 N–H and O–H groups in total. The highest BCUT2D eigenvalue weighted by Crippen LogP contribution is 2.34. The molecule has 53 heavy (non-hydrogen) atoms. The van der Waals surface area contributed by atoms with Crippen molar-refractivity contribution >= 4 is 73.7 Å². The number of nitrogens with zero attached hydrogens (tertiary/aromatic N) is 9. The van der Waals surface area contributed by atoms with Crippen LogP contribution in [0.25, 0.3) is 0 Å². The molecule has 278 valence electrons. The topological polar surface area (TPSA) is 145 Å². The van der Waals surface area contributed by atoms with Crippen molar-refractivity contribution in [1.82, 2.24) is 30.1 Å². The summed E-state index contributed by atoms with van der Waals surface area (Å²) in [4.78, 5) is 25.2. The molecule has 8 rings (SSSR count). The van der Waals surface area contributed by atoms with E-state index >= 15 is 0 Å². The molecular formula is C35H38ClF2N11O2S2. The van der Waals surface area contributed by atoms with Gasteiger partial charge in [0, 0.05) is 76.0 Å². The second-order valence-electron chi connectivity index (χ2n) is 12.2. The van der Waals surface area contributed by atoms with Crippen LogP contribution in [0.3, 0.4) is 0 Å². The minimum absolute atomic E-state index is 0. The predicted octanol–water partition coefficient (Wildman–Crippen LogP) is 5.52. The first-order valence-corrected chi connectivity index (χ1v) is 19.4. The maximum Gasteiger partial charge on any atom is 0.227 e. The van der Waals surface area contributed by atoms with Gasteiger partial charge in [0.25, 0.3) is 0 Å². The number of anilines is 7. The van der Waals surface area contributed by atoms with Crippen molar-refractivity contribution in [3.8, 4) is 0 Å². The first-order chi connectivity index (χ1) is 25.1. The smallest absolute Gasteiger partial charge is 0.227 e. The number of hydrogen-bond acceptors (Lipinski definition) is 13.